The van der Waals surface area contributed by atoms with E-state index in [0.717, 1.165) is 0 Å². The van der Waals surface area contributed by atoms with E-state index in [-0.39, 0.29) is 11.9 Å². The SMILES string of the molecule is C[C@@H]1COCCN1c1cc(N=[S@](C)(=O)c2ccc(F)cc2)c2cnn(-c3ccn[nH]3)c2n1. The molecule has 5 rings (SSSR count). The van der Waals surface area contributed by atoms with E-state index >= 15 is 0 Å². The average molecular weight is 456 g/mol. The second-order valence-electron chi connectivity index (χ2n) is 7.70. The van der Waals surface area contributed by atoms with E-state index in [2.05, 4.69) is 31.5 Å². The predicted octanol–water partition coefficient (Wildman–Crippen LogP) is 3.30. The van der Waals surface area contributed by atoms with Crippen molar-refractivity contribution in [3.05, 3.63) is 54.6 Å². The highest BCUT2D eigenvalue weighted by Crippen LogP contribution is 2.33. The first-order chi connectivity index (χ1) is 15.4. The molecule has 0 bridgehead atoms. The molecule has 1 fully saturated rings. The van der Waals surface area contributed by atoms with Crippen LogP contribution in [0.3, 0.4) is 0 Å². The molecule has 2 atom stereocenters. The lowest BCUT2D eigenvalue weighted by atomic mass is 10.2. The van der Waals surface area contributed by atoms with Crippen LogP contribution >= 0.6 is 0 Å². The Balaban J connectivity index is 1.72. The molecule has 0 amide bonds. The van der Waals surface area contributed by atoms with Crippen molar-refractivity contribution in [2.75, 3.05) is 30.9 Å². The normalized spacial score (nSPS) is 18.6. The summed E-state index contributed by atoms with van der Waals surface area (Å²) in [4.78, 5) is 7.45. The first-order valence-electron chi connectivity index (χ1n) is 10.1. The second-order valence-corrected chi connectivity index (χ2v) is 9.96. The smallest absolute Gasteiger partial charge is 0.169 e. The van der Waals surface area contributed by atoms with E-state index in [1.807, 2.05) is 6.07 Å². The Hall–Kier alpha value is -3.31. The van der Waals surface area contributed by atoms with Crippen LogP contribution in [0.2, 0.25) is 0 Å². The standard InChI is InChI=1S/C21H22FN7O2S/c1-14-13-31-10-9-28(14)20-11-18(27-32(2,30)16-5-3-15(22)4-6-16)17-12-24-29(21(17)25-20)19-7-8-23-26-19/h3-8,11-12,14H,9-10,13H2,1-2H3,(H,23,26)/t14-,32-/m1/s1. The topological polar surface area (TPSA) is 101 Å². The van der Waals surface area contributed by atoms with Crippen LogP contribution in [-0.2, 0) is 14.5 Å². The van der Waals surface area contributed by atoms with Gasteiger partial charge in [0.1, 0.15) is 11.6 Å². The molecule has 0 saturated carbocycles. The molecule has 0 radical (unpaired) electrons. The molecule has 0 aliphatic carbocycles. The van der Waals surface area contributed by atoms with Crippen molar-refractivity contribution in [2.24, 2.45) is 4.36 Å². The second kappa shape index (κ2) is 7.99. The Morgan fingerprint density at radius 2 is 2.09 bits per heavy atom. The summed E-state index contributed by atoms with van der Waals surface area (Å²) in [7, 11) is -2.85. The highest BCUT2D eigenvalue weighted by atomic mass is 32.2. The number of nitrogens with one attached hydrogen (secondary N) is 1. The molecule has 9 nitrogen and oxygen atoms in total. The van der Waals surface area contributed by atoms with Crippen molar-refractivity contribution in [1.29, 1.82) is 0 Å². The molecule has 3 aromatic heterocycles. The van der Waals surface area contributed by atoms with Crippen molar-refractivity contribution in [1.82, 2.24) is 25.0 Å². The third kappa shape index (κ3) is 3.73. The first kappa shape index (κ1) is 20.6. The number of ether oxygens (including phenoxy) is 1. The highest BCUT2D eigenvalue weighted by Gasteiger charge is 2.23. The van der Waals surface area contributed by atoms with Crippen LogP contribution in [0.15, 0.2) is 58.1 Å². The number of morpholine rings is 1. The van der Waals surface area contributed by atoms with E-state index in [4.69, 9.17) is 9.72 Å². The molecular weight excluding hydrogens is 433 g/mol. The Morgan fingerprint density at radius 3 is 2.81 bits per heavy atom. The van der Waals surface area contributed by atoms with Gasteiger partial charge in [0.15, 0.2) is 11.5 Å². The lowest BCUT2D eigenvalue weighted by Crippen LogP contribution is -2.44. The molecule has 11 heteroatoms. The fourth-order valence-corrected chi connectivity index (χ4v) is 5.00. The van der Waals surface area contributed by atoms with Crippen LogP contribution in [0.25, 0.3) is 16.9 Å². The minimum Gasteiger partial charge on any atom is -0.377 e. The van der Waals surface area contributed by atoms with Gasteiger partial charge >= 0.3 is 0 Å². The van der Waals surface area contributed by atoms with Gasteiger partial charge in [-0.25, -0.2) is 13.6 Å². The molecular formula is C21H22FN7O2S. The Morgan fingerprint density at radius 1 is 1.28 bits per heavy atom. The zero-order valence-corrected chi connectivity index (χ0v) is 18.4. The monoisotopic (exact) mass is 455 g/mol. The number of anilines is 1. The molecule has 1 aliphatic rings. The fourth-order valence-electron chi connectivity index (χ4n) is 3.73. The first-order valence-corrected chi connectivity index (χ1v) is 12.1. The Bertz CT molecular complexity index is 1380. The minimum absolute atomic E-state index is 0.119. The summed E-state index contributed by atoms with van der Waals surface area (Å²) in [6.07, 6.45) is 4.83. The number of rotatable bonds is 4. The predicted molar refractivity (Wildman–Crippen MR) is 119 cm³/mol. The van der Waals surface area contributed by atoms with Gasteiger partial charge in [-0.05, 0) is 31.2 Å². The van der Waals surface area contributed by atoms with Crippen LogP contribution in [-0.4, -0.2) is 61.2 Å². The molecule has 4 heterocycles. The van der Waals surface area contributed by atoms with Gasteiger partial charge in [-0.1, -0.05) is 0 Å². The largest absolute Gasteiger partial charge is 0.377 e. The van der Waals surface area contributed by atoms with Gasteiger partial charge < -0.3 is 9.64 Å². The molecule has 0 unspecified atom stereocenters. The van der Waals surface area contributed by atoms with E-state index in [0.29, 0.717) is 53.0 Å². The molecule has 1 saturated heterocycles. The maximum atomic E-state index is 13.5. The van der Waals surface area contributed by atoms with Crippen molar-refractivity contribution in [2.45, 2.75) is 17.9 Å². The number of halogens is 1. The van der Waals surface area contributed by atoms with Crippen molar-refractivity contribution in [3.63, 3.8) is 0 Å². The van der Waals surface area contributed by atoms with Gasteiger partial charge in [0.25, 0.3) is 0 Å². The Labute approximate surface area is 184 Å². The summed E-state index contributed by atoms with van der Waals surface area (Å²) in [5.41, 5.74) is 1.07. The zero-order chi connectivity index (χ0) is 22.3. The van der Waals surface area contributed by atoms with Crippen LogP contribution in [0, 0.1) is 5.82 Å². The van der Waals surface area contributed by atoms with Gasteiger partial charge in [0, 0.05) is 29.8 Å². The van der Waals surface area contributed by atoms with Gasteiger partial charge in [-0.3, -0.25) is 5.10 Å². The lowest BCUT2D eigenvalue weighted by molar-refractivity contribution is 0.0985. The number of nitrogens with zero attached hydrogens (tertiary/aromatic N) is 6. The summed E-state index contributed by atoms with van der Waals surface area (Å²) in [6.45, 7) is 3.93. The number of aromatic nitrogens is 5. The van der Waals surface area contributed by atoms with Crippen LogP contribution in [0.1, 0.15) is 6.92 Å². The van der Waals surface area contributed by atoms with Crippen molar-refractivity contribution >= 4 is 32.3 Å². The average Bonchev–Trinajstić information content (AvgIpc) is 3.44. The number of pyridine rings is 1. The number of benzene rings is 1. The maximum absolute atomic E-state index is 13.5. The third-order valence-electron chi connectivity index (χ3n) is 5.41. The van der Waals surface area contributed by atoms with Gasteiger partial charge in [-0.15, -0.1) is 0 Å². The summed E-state index contributed by atoms with van der Waals surface area (Å²) in [5, 5.41) is 12.0. The molecule has 32 heavy (non-hydrogen) atoms. The van der Waals surface area contributed by atoms with Crippen LogP contribution in [0.4, 0.5) is 15.9 Å². The molecule has 1 N–H and O–H groups in total. The lowest BCUT2D eigenvalue weighted by Gasteiger charge is -2.34. The highest BCUT2D eigenvalue weighted by molar-refractivity contribution is 7.93. The van der Waals surface area contributed by atoms with Gasteiger partial charge in [-0.2, -0.15) is 19.2 Å². The summed E-state index contributed by atoms with van der Waals surface area (Å²) in [5.74, 6) is 0.962. The fraction of sp³-hybridized carbons (Fsp3) is 0.286. The molecule has 166 valence electrons. The number of aromatic amines is 1. The maximum Gasteiger partial charge on any atom is 0.169 e. The van der Waals surface area contributed by atoms with Gasteiger partial charge in [0.05, 0.1) is 52.5 Å². The summed E-state index contributed by atoms with van der Waals surface area (Å²) >= 11 is 0. The van der Waals surface area contributed by atoms with Crippen LogP contribution < -0.4 is 4.90 Å². The minimum atomic E-state index is -2.85. The van der Waals surface area contributed by atoms with Gasteiger partial charge in [0.2, 0.25) is 0 Å². The van der Waals surface area contributed by atoms with Crippen molar-refractivity contribution < 1.29 is 13.3 Å². The summed E-state index contributed by atoms with van der Waals surface area (Å²) < 4.78 is 38.7. The molecule has 0 spiro atoms. The van der Waals surface area contributed by atoms with Crippen molar-refractivity contribution in [3.8, 4) is 5.82 Å². The quantitative estimate of drug-likeness (QED) is 0.507. The number of hydrogen-bond acceptors (Lipinski definition) is 7. The van der Waals surface area contributed by atoms with E-state index in [1.165, 1.54) is 24.3 Å². The number of fused-ring (bicyclic) bond motifs is 1. The zero-order valence-electron chi connectivity index (χ0n) is 17.6. The Kier molecular flexibility index (Phi) is 5.14. The third-order valence-corrected chi connectivity index (χ3v) is 7.10. The molecule has 1 aliphatic heterocycles. The van der Waals surface area contributed by atoms with Crippen LogP contribution in [0.5, 0.6) is 0 Å². The molecule has 4 aromatic rings. The summed E-state index contributed by atoms with van der Waals surface area (Å²) in [6, 6.07) is 9.30. The van der Waals surface area contributed by atoms with E-state index in [9.17, 15) is 8.60 Å². The van der Waals surface area contributed by atoms with E-state index < -0.39 is 9.73 Å². The molecule has 1 aromatic carbocycles. The van der Waals surface area contributed by atoms with E-state index in [1.54, 1.807) is 29.4 Å². The number of H-pyrrole nitrogens is 1. The number of hydrogen-bond donors (Lipinski definition) is 1.